The quantitative estimate of drug-likeness (QED) is 0.863. The van der Waals surface area contributed by atoms with Gasteiger partial charge in [0, 0.05) is 6.07 Å². The van der Waals surface area contributed by atoms with E-state index in [0.717, 1.165) is 16.2 Å². The van der Waals surface area contributed by atoms with Crippen molar-refractivity contribution in [1.29, 1.82) is 0 Å². The number of amides is 1. The molecule has 0 radical (unpaired) electrons. The maximum atomic E-state index is 11.9. The first-order chi connectivity index (χ1) is 10.2. The molecule has 1 aliphatic rings. The lowest BCUT2D eigenvalue weighted by Gasteiger charge is -2.08. The number of thiophene rings is 1. The predicted molar refractivity (Wildman–Crippen MR) is 79.4 cm³/mol. The van der Waals surface area contributed by atoms with E-state index >= 15 is 0 Å². The summed E-state index contributed by atoms with van der Waals surface area (Å²) < 4.78 is 16.1. The Hall–Kier alpha value is -2.21. The van der Waals surface area contributed by atoms with Gasteiger partial charge in [-0.25, -0.2) is 0 Å². The van der Waals surface area contributed by atoms with Gasteiger partial charge in [0.25, 0.3) is 5.91 Å². The zero-order valence-corrected chi connectivity index (χ0v) is 12.4. The van der Waals surface area contributed by atoms with Crippen LogP contribution >= 0.6 is 11.3 Å². The molecular weight excluding hydrogens is 290 g/mol. The lowest BCUT2D eigenvalue weighted by molar-refractivity contribution is 0.0950. The Morgan fingerprint density at radius 1 is 1.33 bits per heavy atom. The van der Waals surface area contributed by atoms with Gasteiger partial charge in [-0.05, 0) is 36.1 Å². The number of ether oxygens (including phenoxy) is 3. The van der Waals surface area contributed by atoms with Crippen molar-refractivity contribution in [1.82, 2.24) is 5.32 Å². The first-order valence-corrected chi connectivity index (χ1v) is 7.47. The van der Waals surface area contributed by atoms with E-state index in [1.165, 1.54) is 11.3 Å². The number of benzene rings is 1. The standard InChI is InChI=1S/C15H15NO4S/c1-10-4-7-21-14(10)15(17)16-5-6-18-11-2-3-12-13(8-11)20-9-19-12/h2-4,7-8H,5-6,9H2,1H3,(H,16,17). The van der Waals surface area contributed by atoms with Crippen LogP contribution in [0.3, 0.4) is 0 Å². The third kappa shape index (κ3) is 3.11. The molecule has 5 nitrogen and oxygen atoms in total. The Morgan fingerprint density at radius 2 is 2.19 bits per heavy atom. The lowest BCUT2D eigenvalue weighted by Crippen LogP contribution is -2.27. The summed E-state index contributed by atoms with van der Waals surface area (Å²) in [7, 11) is 0. The number of carbonyl (C=O) groups is 1. The molecule has 1 amide bonds. The number of nitrogens with one attached hydrogen (secondary N) is 1. The smallest absolute Gasteiger partial charge is 0.261 e. The molecule has 6 heteroatoms. The zero-order valence-electron chi connectivity index (χ0n) is 11.5. The van der Waals surface area contributed by atoms with Gasteiger partial charge in [-0.2, -0.15) is 0 Å². The second-order valence-corrected chi connectivity index (χ2v) is 5.47. The molecule has 0 bridgehead atoms. The van der Waals surface area contributed by atoms with Crippen LogP contribution < -0.4 is 19.5 Å². The van der Waals surface area contributed by atoms with E-state index in [-0.39, 0.29) is 12.7 Å². The fourth-order valence-corrected chi connectivity index (χ4v) is 2.83. The Bertz CT molecular complexity index is 653. The largest absolute Gasteiger partial charge is 0.492 e. The number of hydrogen-bond donors (Lipinski definition) is 1. The summed E-state index contributed by atoms with van der Waals surface area (Å²) in [6, 6.07) is 7.35. The van der Waals surface area contributed by atoms with E-state index in [1.807, 2.05) is 30.5 Å². The summed E-state index contributed by atoms with van der Waals surface area (Å²) in [5.41, 5.74) is 0.995. The Balaban J connectivity index is 1.46. The summed E-state index contributed by atoms with van der Waals surface area (Å²) in [6.07, 6.45) is 0. The third-order valence-corrected chi connectivity index (χ3v) is 4.08. The van der Waals surface area contributed by atoms with Crippen LogP contribution in [0.5, 0.6) is 17.2 Å². The average molecular weight is 305 g/mol. The van der Waals surface area contributed by atoms with Gasteiger partial charge in [0.05, 0.1) is 11.4 Å². The van der Waals surface area contributed by atoms with Gasteiger partial charge in [0.1, 0.15) is 12.4 Å². The van der Waals surface area contributed by atoms with Gasteiger partial charge in [0.2, 0.25) is 6.79 Å². The molecule has 0 spiro atoms. The Kier molecular flexibility index (Phi) is 3.96. The Labute approximate surface area is 126 Å². The van der Waals surface area contributed by atoms with Crippen LogP contribution in [-0.2, 0) is 0 Å². The van der Waals surface area contributed by atoms with E-state index in [0.29, 0.717) is 24.7 Å². The van der Waals surface area contributed by atoms with Gasteiger partial charge in [-0.15, -0.1) is 11.3 Å². The summed E-state index contributed by atoms with van der Waals surface area (Å²) in [5, 5.41) is 4.75. The fourth-order valence-electron chi connectivity index (χ4n) is 1.99. The second kappa shape index (κ2) is 6.05. The van der Waals surface area contributed by atoms with Crippen molar-refractivity contribution in [3.05, 3.63) is 40.1 Å². The molecule has 0 saturated heterocycles. The molecule has 1 aromatic heterocycles. The molecule has 2 aromatic rings. The number of aryl methyl sites for hydroxylation is 1. The number of fused-ring (bicyclic) bond motifs is 1. The van der Waals surface area contributed by atoms with Crippen LogP contribution in [0.15, 0.2) is 29.6 Å². The van der Waals surface area contributed by atoms with Crippen molar-refractivity contribution >= 4 is 17.2 Å². The van der Waals surface area contributed by atoms with Gasteiger partial charge in [-0.3, -0.25) is 4.79 Å². The third-order valence-electron chi connectivity index (χ3n) is 3.07. The monoisotopic (exact) mass is 305 g/mol. The fraction of sp³-hybridized carbons (Fsp3) is 0.267. The summed E-state index contributed by atoms with van der Waals surface area (Å²) in [4.78, 5) is 12.6. The Morgan fingerprint density at radius 3 is 3.00 bits per heavy atom. The molecule has 0 saturated carbocycles. The van der Waals surface area contributed by atoms with Crippen molar-refractivity contribution in [2.24, 2.45) is 0 Å². The molecular formula is C15H15NO4S. The number of carbonyl (C=O) groups excluding carboxylic acids is 1. The molecule has 1 aromatic carbocycles. The summed E-state index contributed by atoms with van der Waals surface area (Å²) in [6.45, 7) is 3.02. The van der Waals surface area contributed by atoms with Gasteiger partial charge < -0.3 is 19.5 Å². The molecule has 0 fully saturated rings. The van der Waals surface area contributed by atoms with Crippen molar-refractivity contribution in [3.8, 4) is 17.2 Å². The summed E-state index contributed by atoms with van der Waals surface area (Å²) >= 11 is 1.44. The minimum atomic E-state index is -0.0585. The highest BCUT2D eigenvalue weighted by Crippen LogP contribution is 2.34. The molecule has 3 rings (SSSR count). The molecule has 0 aliphatic carbocycles. The molecule has 0 atom stereocenters. The van der Waals surface area contributed by atoms with Crippen LogP contribution in [0.25, 0.3) is 0 Å². The highest BCUT2D eigenvalue weighted by atomic mass is 32.1. The normalized spacial score (nSPS) is 12.2. The SMILES string of the molecule is Cc1ccsc1C(=O)NCCOc1ccc2c(c1)OCO2. The van der Waals surface area contributed by atoms with E-state index in [2.05, 4.69) is 5.32 Å². The molecule has 21 heavy (non-hydrogen) atoms. The van der Waals surface area contributed by atoms with Crippen molar-refractivity contribution in [3.63, 3.8) is 0 Å². The van der Waals surface area contributed by atoms with Gasteiger partial charge in [0.15, 0.2) is 11.5 Å². The molecule has 110 valence electrons. The lowest BCUT2D eigenvalue weighted by atomic mass is 10.3. The van der Waals surface area contributed by atoms with Crippen LogP contribution in [0, 0.1) is 6.92 Å². The minimum absolute atomic E-state index is 0.0585. The number of rotatable bonds is 5. The van der Waals surface area contributed by atoms with Crippen LogP contribution in [0.2, 0.25) is 0 Å². The van der Waals surface area contributed by atoms with Crippen molar-refractivity contribution in [2.45, 2.75) is 6.92 Å². The second-order valence-electron chi connectivity index (χ2n) is 4.55. The van der Waals surface area contributed by atoms with Crippen molar-refractivity contribution in [2.75, 3.05) is 19.9 Å². The van der Waals surface area contributed by atoms with Gasteiger partial charge >= 0.3 is 0 Å². The van der Waals surface area contributed by atoms with E-state index in [1.54, 1.807) is 6.07 Å². The maximum absolute atomic E-state index is 11.9. The van der Waals surface area contributed by atoms with E-state index < -0.39 is 0 Å². The molecule has 2 heterocycles. The van der Waals surface area contributed by atoms with Crippen molar-refractivity contribution < 1.29 is 19.0 Å². The molecule has 1 N–H and O–H groups in total. The number of hydrogen-bond acceptors (Lipinski definition) is 5. The molecule has 1 aliphatic heterocycles. The average Bonchev–Trinajstić information content (AvgIpc) is 3.11. The van der Waals surface area contributed by atoms with E-state index in [9.17, 15) is 4.79 Å². The van der Waals surface area contributed by atoms with Crippen LogP contribution in [0.4, 0.5) is 0 Å². The summed E-state index contributed by atoms with van der Waals surface area (Å²) in [5.74, 6) is 2.05. The highest BCUT2D eigenvalue weighted by Gasteiger charge is 2.14. The van der Waals surface area contributed by atoms with E-state index in [4.69, 9.17) is 14.2 Å². The minimum Gasteiger partial charge on any atom is -0.492 e. The topological polar surface area (TPSA) is 56.8 Å². The first kappa shape index (κ1) is 13.8. The maximum Gasteiger partial charge on any atom is 0.261 e. The van der Waals surface area contributed by atoms with Gasteiger partial charge in [-0.1, -0.05) is 0 Å². The first-order valence-electron chi connectivity index (χ1n) is 6.59. The molecule has 0 unspecified atom stereocenters. The zero-order chi connectivity index (χ0) is 14.7. The van der Waals surface area contributed by atoms with Crippen LogP contribution in [-0.4, -0.2) is 25.9 Å². The predicted octanol–water partition coefficient (Wildman–Crippen LogP) is 2.59. The van der Waals surface area contributed by atoms with Crippen LogP contribution in [0.1, 0.15) is 15.2 Å². The highest BCUT2D eigenvalue weighted by molar-refractivity contribution is 7.12.